The molecule has 0 bridgehead atoms. The van der Waals surface area contributed by atoms with Crippen LogP contribution in [0.25, 0.3) is 0 Å². The molecule has 0 aliphatic carbocycles. The van der Waals surface area contributed by atoms with E-state index in [1.807, 2.05) is 13.1 Å². The summed E-state index contributed by atoms with van der Waals surface area (Å²) in [5.41, 5.74) is 0.0869. The molecule has 4 nitrogen and oxygen atoms in total. The Labute approximate surface area is 104 Å². The summed E-state index contributed by atoms with van der Waals surface area (Å²) in [7, 11) is 0. The highest BCUT2D eigenvalue weighted by Gasteiger charge is 2.11. The molecule has 0 atom stereocenters. The van der Waals surface area contributed by atoms with Crippen LogP contribution in [0.3, 0.4) is 0 Å². The molecule has 0 fully saturated rings. The average molecular weight is 240 g/mol. The van der Waals surface area contributed by atoms with E-state index in [1.54, 1.807) is 0 Å². The van der Waals surface area contributed by atoms with E-state index < -0.39 is 0 Å². The molecule has 0 radical (unpaired) electrons. The molecule has 0 aromatic carbocycles. The van der Waals surface area contributed by atoms with Gasteiger partial charge in [0.15, 0.2) is 0 Å². The summed E-state index contributed by atoms with van der Waals surface area (Å²) in [6.45, 7) is 10.6. The van der Waals surface area contributed by atoms with Crippen LogP contribution in [-0.4, -0.2) is 23.7 Å². The number of hydrogen-bond acceptors (Lipinski definition) is 4. The van der Waals surface area contributed by atoms with Crippen molar-refractivity contribution in [2.45, 2.75) is 52.6 Å². The lowest BCUT2D eigenvalue weighted by Gasteiger charge is -2.18. The summed E-state index contributed by atoms with van der Waals surface area (Å²) in [5.74, 6) is 1.70. The van der Waals surface area contributed by atoms with E-state index >= 15 is 0 Å². The minimum absolute atomic E-state index is 0.0869. The Bertz CT molecular complexity index is 315. The normalized spacial score (nSPS) is 12.0. The number of hydrogen-bond donors (Lipinski definition) is 1. The first-order valence-corrected chi connectivity index (χ1v) is 6.27. The monoisotopic (exact) mass is 240 g/mol. The molecule has 17 heavy (non-hydrogen) atoms. The van der Waals surface area contributed by atoms with Crippen molar-refractivity contribution in [3.63, 3.8) is 0 Å². The maximum absolute atomic E-state index is 5.63. The minimum atomic E-state index is 0.0869. The number of aromatic nitrogens is 1. The van der Waals surface area contributed by atoms with Gasteiger partial charge in [0, 0.05) is 25.2 Å². The molecule has 0 aliphatic heterocycles. The highest BCUT2D eigenvalue weighted by molar-refractivity contribution is 4.94. The Morgan fingerprint density at radius 2 is 2.18 bits per heavy atom. The van der Waals surface area contributed by atoms with Gasteiger partial charge in [-0.15, -0.1) is 0 Å². The van der Waals surface area contributed by atoms with Gasteiger partial charge in [0.2, 0.25) is 5.89 Å². The molecule has 1 N–H and O–H groups in total. The summed E-state index contributed by atoms with van der Waals surface area (Å²) < 4.78 is 10.9. The number of nitrogens with zero attached hydrogens (tertiary/aromatic N) is 1. The molecule has 1 rings (SSSR count). The predicted octanol–water partition coefficient (Wildman–Crippen LogP) is 2.53. The number of nitrogens with one attached hydrogen (secondary N) is 1. The van der Waals surface area contributed by atoms with Crippen molar-refractivity contribution in [1.29, 1.82) is 0 Å². The molecule has 98 valence electrons. The zero-order valence-electron chi connectivity index (χ0n) is 11.4. The number of rotatable bonds is 7. The topological polar surface area (TPSA) is 47.3 Å². The molecule has 1 heterocycles. The van der Waals surface area contributed by atoms with Gasteiger partial charge in [0.25, 0.3) is 0 Å². The second kappa shape index (κ2) is 6.77. The zero-order valence-corrected chi connectivity index (χ0v) is 11.4. The first kappa shape index (κ1) is 14.2. The third-order valence-electron chi connectivity index (χ3n) is 2.29. The van der Waals surface area contributed by atoms with Crippen LogP contribution >= 0.6 is 0 Å². The van der Waals surface area contributed by atoms with Gasteiger partial charge in [0.1, 0.15) is 5.76 Å². The molecule has 1 aromatic rings. The van der Waals surface area contributed by atoms with Crippen molar-refractivity contribution in [1.82, 2.24) is 10.3 Å². The molecular weight excluding hydrogens is 216 g/mol. The fourth-order valence-electron chi connectivity index (χ4n) is 1.38. The highest BCUT2D eigenvalue weighted by Crippen LogP contribution is 2.08. The van der Waals surface area contributed by atoms with Crippen LogP contribution < -0.4 is 5.32 Å². The summed E-state index contributed by atoms with van der Waals surface area (Å²) in [4.78, 5) is 4.25. The zero-order chi connectivity index (χ0) is 12.7. The van der Waals surface area contributed by atoms with Gasteiger partial charge in [0.05, 0.1) is 12.7 Å². The molecule has 0 aliphatic rings. The lowest BCUT2D eigenvalue weighted by atomic mass is 10.1. The van der Waals surface area contributed by atoms with Crippen LogP contribution in [-0.2, 0) is 17.7 Å². The van der Waals surface area contributed by atoms with Gasteiger partial charge in [-0.3, -0.25) is 0 Å². The number of ether oxygens (including phenoxy) is 1. The summed E-state index contributed by atoms with van der Waals surface area (Å²) in [5, 5.41) is 3.35. The Kier molecular flexibility index (Phi) is 5.65. The molecule has 4 heteroatoms. The minimum Gasteiger partial charge on any atom is -0.444 e. The van der Waals surface area contributed by atoms with E-state index in [0.29, 0.717) is 6.54 Å². The molecule has 1 aromatic heterocycles. The predicted molar refractivity (Wildman–Crippen MR) is 67.9 cm³/mol. The van der Waals surface area contributed by atoms with Crippen LogP contribution in [0.1, 0.15) is 45.8 Å². The highest BCUT2D eigenvalue weighted by atomic mass is 16.5. The van der Waals surface area contributed by atoms with Crippen LogP contribution in [0.4, 0.5) is 0 Å². The molecule has 0 spiro atoms. The van der Waals surface area contributed by atoms with Gasteiger partial charge in [-0.05, 0) is 34.1 Å². The van der Waals surface area contributed by atoms with Crippen molar-refractivity contribution in [3.8, 4) is 0 Å². The largest absolute Gasteiger partial charge is 0.444 e. The average Bonchev–Trinajstić information content (AvgIpc) is 2.69. The fourth-order valence-corrected chi connectivity index (χ4v) is 1.38. The van der Waals surface area contributed by atoms with E-state index in [4.69, 9.17) is 9.15 Å². The van der Waals surface area contributed by atoms with Gasteiger partial charge in [-0.25, -0.2) is 4.98 Å². The Morgan fingerprint density at radius 1 is 1.41 bits per heavy atom. The van der Waals surface area contributed by atoms with E-state index in [9.17, 15) is 0 Å². The third kappa shape index (κ3) is 6.44. The van der Waals surface area contributed by atoms with Crippen molar-refractivity contribution in [3.05, 3.63) is 17.8 Å². The van der Waals surface area contributed by atoms with E-state index in [0.717, 1.165) is 37.7 Å². The lowest BCUT2D eigenvalue weighted by molar-refractivity contribution is 0.144. The van der Waals surface area contributed by atoms with E-state index in [1.165, 1.54) is 0 Å². The Hall–Kier alpha value is -0.870. The summed E-state index contributed by atoms with van der Waals surface area (Å²) in [6.07, 6.45) is 3.68. The van der Waals surface area contributed by atoms with Crippen LogP contribution in [0.2, 0.25) is 0 Å². The fraction of sp³-hybridized carbons (Fsp3) is 0.769. The molecular formula is C13H24N2O2. The van der Waals surface area contributed by atoms with E-state index in [2.05, 4.69) is 31.1 Å². The lowest BCUT2D eigenvalue weighted by Crippen LogP contribution is -2.35. The second-order valence-corrected chi connectivity index (χ2v) is 5.12. The van der Waals surface area contributed by atoms with Crippen molar-refractivity contribution in [2.24, 2.45) is 0 Å². The first-order valence-electron chi connectivity index (χ1n) is 6.27. The molecule has 0 unspecified atom stereocenters. The number of oxazole rings is 1. The van der Waals surface area contributed by atoms with Crippen LogP contribution in [0, 0.1) is 0 Å². The molecule has 0 saturated heterocycles. The molecule has 0 saturated carbocycles. The van der Waals surface area contributed by atoms with Crippen molar-refractivity contribution in [2.75, 3.05) is 13.2 Å². The summed E-state index contributed by atoms with van der Waals surface area (Å²) in [6, 6.07) is 0. The van der Waals surface area contributed by atoms with E-state index in [-0.39, 0.29) is 5.54 Å². The second-order valence-electron chi connectivity index (χ2n) is 5.12. The van der Waals surface area contributed by atoms with Gasteiger partial charge < -0.3 is 14.5 Å². The van der Waals surface area contributed by atoms with Crippen LogP contribution in [0.5, 0.6) is 0 Å². The first-order chi connectivity index (χ1) is 8.01. The third-order valence-corrected chi connectivity index (χ3v) is 2.29. The Morgan fingerprint density at radius 3 is 2.82 bits per heavy atom. The smallest absolute Gasteiger partial charge is 0.208 e. The maximum atomic E-state index is 5.63. The standard InChI is InChI=1S/C13H24N2O2/c1-5-16-8-6-7-11-9-14-12(17-11)10-15-13(2,3)4/h9,15H,5-8,10H2,1-4H3. The maximum Gasteiger partial charge on any atom is 0.208 e. The quantitative estimate of drug-likeness (QED) is 0.744. The van der Waals surface area contributed by atoms with Gasteiger partial charge >= 0.3 is 0 Å². The molecule has 0 amide bonds. The van der Waals surface area contributed by atoms with Gasteiger partial charge in [-0.2, -0.15) is 0 Å². The summed E-state index contributed by atoms with van der Waals surface area (Å²) >= 11 is 0. The number of aryl methyl sites for hydroxylation is 1. The van der Waals surface area contributed by atoms with Gasteiger partial charge in [-0.1, -0.05) is 0 Å². The van der Waals surface area contributed by atoms with Crippen molar-refractivity contribution < 1.29 is 9.15 Å². The van der Waals surface area contributed by atoms with Crippen molar-refractivity contribution >= 4 is 0 Å². The SMILES string of the molecule is CCOCCCc1cnc(CNC(C)(C)C)o1. The Balaban J connectivity index is 2.28. The van der Waals surface area contributed by atoms with Crippen LogP contribution in [0.15, 0.2) is 10.6 Å².